The number of hydrogen-bond donors (Lipinski definition) is 2. The Hall–Kier alpha value is -3.60. The Kier molecular flexibility index (Phi) is 9.87. The van der Waals surface area contributed by atoms with E-state index in [1.54, 1.807) is 6.92 Å². The number of ether oxygens (including phenoxy) is 2. The number of rotatable bonds is 9. The quantitative estimate of drug-likeness (QED) is 0.414. The molecule has 34 heavy (non-hydrogen) atoms. The molecule has 1 heterocycles. The first-order chi connectivity index (χ1) is 16.3. The number of amides is 1. The Bertz CT molecular complexity index is 1110. The summed E-state index contributed by atoms with van der Waals surface area (Å²) >= 11 is 0. The van der Waals surface area contributed by atoms with Crippen molar-refractivity contribution in [2.24, 2.45) is 5.73 Å². The van der Waals surface area contributed by atoms with Crippen molar-refractivity contribution >= 4 is 5.91 Å². The molecule has 0 fully saturated rings. The minimum Gasteiger partial charge on any atom is -0.490 e. The number of carbonyl (C=O) groups is 1. The summed E-state index contributed by atoms with van der Waals surface area (Å²) in [5.74, 6) is -2.31. The Labute approximate surface area is 193 Å². The maximum atomic E-state index is 13.8. The van der Waals surface area contributed by atoms with Gasteiger partial charge in [-0.1, -0.05) is 19.9 Å². The molecule has 0 saturated carbocycles. The number of aromatic nitrogens is 1. The number of benzene rings is 2. The molecule has 184 valence electrons. The molecule has 0 saturated heterocycles. The Balaban J connectivity index is 0.00000199. The van der Waals surface area contributed by atoms with Gasteiger partial charge in [-0.05, 0) is 31.2 Å². The number of nitrogens with one attached hydrogen (secondary N) is 1. The van der Waals surface area contributed by atoms with Crippen LogP contribution in [-0.2, 0) is 13.1 Å². The van der Waals surface area contributed by atoms with Crippen molar-refractivity contribution in [1.29, 1.82) is 0 Å². The summed E-state index contributed by atoms with van der Waals surface area (Å²) < 4.78 is 67.3. The zero-order chi connectivity index (χ0) is 25.3. The summed E-state index contributed by atoms with van der Waals surface area (Å²) in [6.07, 6.45) is 0. The molecule has 0 radical (unpaired) electrons. The number of alkyl halides is 2. The van der Waals surface area contributed by atoms with Crippen molar-refractivity contribution in [2.45, 2.75) is 40.5 Å². The normalized spacial score (nSPS) is 10.5. The maximum Gasteiger partial charge on any atom is 0.387 e. The lowest BCUT2D eigenvalue weighted by atomic mass is 10.2. The predicted molar refractivity (Wildman–Crippen MR) is 117 cm³/mol. The SMILES string of the molecule is CC.CCOc1cc(-c2nc(C(=O)NCc3ccc(F)cc3F)c(CN)o2)ccc1OC(F)F. The summed E-state index contributed by atoms with van der Waals surface area (Å²) in [5, 5.41) is 2.47. The average molecular weight is 483 g/mol. The van der Waals surface area contributed by atoms with E-state index in [1.165, 1.54) is 24.3 Å². The highest BCUT2D eigenvalue weighted by atomic mass is 19.3. The minimum absolute atomic E-state index is 0.00638. The molecule has 0 spiro atoms. The molecular weight excluding hydrogens is 458 g/mol. The Morgan fingerprint density at radius 3 is 2.50 bits per heavy atom. The number of oxazole rings is 1. The van der Waals surface area contributed by atoms with Gasteiger partial charge in [-0.2, -0.15) is 8.78 Å². The first-order valence-electron chi connectivity index (χ1n) is 10.5. The average Bonchev–Trinajstić information content (AvgIpc) is 3.25. The number of carbonyl (C=O) groups excluding carboxylic acids is 1. The van der Waals surface area contributed by atoms with Crippen LogP contribution >= 0.6 is 0 Å². The molecule has 3 rings (SSSR count). The largest absolute Gasteiger partial charge is 0.490 e. The van der Waals surface area contributed by atoms with Crippen molar-refractivity contribution in [2.75, 3.05) is 6.61 Å². The molecule has 7 nitrogen and oxygen atoms in total. The van der Waals surface area contributed by atoms with E-state index in [1.807, 2.05) is 13.8 Å². The topological polar surface area (TPSA) is 99.6 Å². The molecule has 0 unspecified atom stereocenters. The highest BCUT2D eigenvalue weighted by Gasteiger charge is 2.22. The second-order valence-corrected chi connectivity index (χ2v) is 6.39. The number of nitrogens with two attached hydrogens (primary N) is 1. The van der Waals surface area contributed by atoms with Crippen LogP contribution in [0.1, 0.15) is 42.6 Å². The lowest BCUT2D eigenvalue weighted by Gasteiger charge is -2.11. The van der Waals surface area contributed by atoms with Gasteiger partial charge in [-0.3, -0.25) is 4.79 Å². The van der Waals surface area contributed by atoms with Gasteiger partial charge in [0.2, 0.25) is 5.89 Å². The van der Waals surface area contributed by atoms with Gasteiger partial charge in [-0.25, -0.2) is 13.8 Å². The summed E-state index contributed by atoms with van der Waals surface area (Å²) in [6.45, 7) is 2.45. The van der Waals surface area contributed by atoms with Gasteiger partial charge >= 0.3 is 6.61 Å². The van der Waals surface area contributed by atoms with E-state index in [0.717, 1.165) is 6.07 Å². The van der Waals surface area contributed by atoms with E-state index in [4.69, 9.17) is 14.9 Å². The fourth-order valence-corrected chi connectivity index (χ4v) is 2.82. The molecule has 1 aromatic heterocycles. The lowest BCUT2D eigenvalue weighted by molar-refractivity contribution is -0.0514. The molecule has 1 amide bonds. The minimum atomic E-state index is -3.04. The number of hydrogen-bond acceptors (Lipinski definition) is 6. The van der Waals surface area contributed by atoms with E-state index >= 15 is 0 Å². The van der Waals surface area contributed by atoms with Crippen LogP contribution in [0, 0.1) is 11.6 Å². The van der Waals surface area contributed by atoms with Crippen LogP contribution in [0.3, 0.4) is 0 Å². The van der Waals surface area contributed by atoms with Crippen LogP contribution in [0.25, 0.3) is 11.5 Å². The van der Waals surface area contributed by atoms with Crippen LogP contribution in [0.15, 0.2) is 40.8 Å². The monoisotopic (exact) mass is 483 g/mol. The van der Waals surface area contributed by atoms with Gasteiger partial charge in [0.1, 0.15) is 11.6 Å². The second-order valence-electron chi connectivity index (χ2n) is 6.39. The van der Waals surface area contributed by atoms with E-state index in [2.05, 4.69) is 15.0 Å². The molecule has 0 aliphatic rings. The molecular formula is C23H25F4N3O4. The van der Waals surface area contributed by atoms with Crippen LogP contribution in [-0.4, -0.2) is 24.1 Å². The number of nitrogens with zero attached hydrogens (tertiary/aromatic N) is 1. The molecule has 11 heteroatoms. The highest BCUT2D eigenvalue weighted by molar-refractivity contribution is 5.93. The summed E-state index contributed by atoms with van der Waals surface area (Å²) in [6, 6.07) is 7.03. The van der Waals surface area contributed by atoms with Crippen molar-refractivity contribution in [3.8, 4) is 23.0 Å². The summed E-state index contributed by atoms with van der Waals surface area (Å²) in [4.78, 5) is 16.7. The lowest BCUT2D eigenvalue weighted by Crippen LogP contribution is -2.25. The molecule has 0 aliphatic carbocycles. The third-order valence-electron chi connectivity index (χ3n) is 4.26. The van der Waals surface area contributed by atoms with E-state index in [-0.39, 0.29) is 54.1 Å². The fraction of sp³-hybridized carbons (Fsp3) is 0.304. The molecule has 0 atom stereocenters. The Morgan fingerprint density at radius 2 is 1.88 bits per heavy atom. The highest BCUT2D eigenvalue weighted by Crippen LogP contribution is 2.34. The number of halogens is 4. The van der Waals surface area contributed by atoms with E-state index < -0.39 is 24.2 Å². The first kappa shape index (κ1) is 26.7. The summed E-state index contributed by atoms with van der Waals surface area (Å²) in [7, 11) is 0. The third kappa shape index (κ3) is 6.70. The molecule has 2 aromatic carbocycles. The van der Waals surface area contributed by atoms with Gasteiger partial charge in [0, 0.05) is 23.7 Å². The second kappa shape index (κ2) is 12.6. The molecule has 3 aromatic rings. The van der Waals surface area contributed by atoms with Gasteiger partial charge in [0.05, 0.1) is 13.2 Å². The van der Waals surface area contributed by atoms with E-state index in [0.29, 0.717) is 11.6 Å². The predicted octanol–water partition coefficient (Wildman–Crippen LogP) is 5.03. The third-order valence-corrected chi connectivity index (χ3v) is 4.26. The zero-order valence-electron chi connectivity index (χ0n) is 18.8. The van der Waals surface area contributed by atoms with Crippen LogP contribution in [0.2, 0.25) is 0 Å². The molecule has 0 bridgehead atoms. The van der Waals surface area contributed by atoms with Gasteiger partial charge in [0.25, 0.3) is 5.91 Å². The van der Waals surface area contributed by atoms with Crippen molar-refractivity contribution in [3.63, 3.8) is 0 Å². The first-order valence-corrected chi connectivity index (χ1v) is 10.5. The van der Waals surface area contributed by atoms with Gasteiger partial charge < -0.3 is 24.9 Å². The van der Waals surface area contributed by atoms with Crippen LogP contribution in [0.5, 0.6) is 11.5 Å². The smallest absolute Gasteiger partial charge is 0.387 e. The van der Waals surface area contributed by atoms with Crippen LogP contribution < -0.4 is 20.5 Å². The molecule has 0 aliphatic heterocycles. The Morgan fingerprint density at radius 1 is 1.15 bits per heavy atom. The van der Waals surface area contributed by atoms with Gasteiger partial charge in [0.15, 0.2) is 23.0 Å². The molecule has 3 N–H and O–H groups in total. The van der Waals surface area contributed by atoms with Crippen molar-refractivity contribution in [1.82, 2.24) is 10.3 Å². The zero-order valence-corrected chi connectivity index (χ0v) is 18.8. The standard InChI is InChI=1S/C21H19F4N3O4.C2H6/c1-2-30-16-7-11(4-6-15(16)32-21(24)25)20-28-18(17(9-26)31-20)19(29)27-10-12-3-5-13(22)8-14(12)23;1-2/h3-8,21H,2,9-10,26H2,1H3,(H,27,29);1-2H3. The maximum absolute atomic E-state index is 13.8. The fourth-order valence-electron chi connectivity index (χ4n) is 2.82. The van der Waals surface area contributed by atoms with Gasteiger partial charge in [-0.15, -0.1) is 0 Å². The van der Waals surface area contributed by atoms with Crippen molar-refractivity contribution in [3.05, 3.63) is 65.1 Å². The van der Waals surface area contributed by atoms with Crippen LogP contribution in [0.4, 0.5) is 17.6 Å². The summed E-state index contributed by atoms with van der Waals surface area (Å²) in [5.41, 5.74) is 5.92. The van der Waals surface area contributed by atoms with E-state index in [9.17, 15) is 22.4 Å². The van der Waals surface area contributed by atoms with Crippen molar-refractivity contribution < 1.29 is 36.2 Å².